The van der Waals surface area contributed by atoms with Gasteiger partial charge in [0.2, 0.25) is 6.04 Å². The average molecular weight is 201 g/mol. The Morgan fingerprint density at radius 1 is 1.36 bits per heavy atom. The molecule has 0 saturated heterocycles. The lowest BCUT2D eigenvalue weighted by Crippen LogP contribution is -2.53. The zero-order valence-corrected chi connectivity index (χ0v) is 9.28. The second-order valence-electron chi connectivity index (χ2n) is 5.83. The first-order chi connectivity index (χ1) is 6.16. The molecule has 0 radical (unpaired) electrons. The van der Waals surface area contributed by atoms with Crippen molar-refractivity contribution in [2.75, 3.05) is 0 Å². The van der Waals surface area contributed by atoms with Crippen molar-refractivity contribution in [1.82, 2.24) is 0 Å². The molecule has 0 aromatic rings. The zero-order chi connectivity index (χ0) is 11.1. The summed E-state index contributed by atoms with van der Waals surface area (Å²) in [7, 11) is 0. The number of hydrogen-bond acceptors (Lipinski definition) is 3. The van der Waals surface area contributed by atoms with Crippen LogP contribution in [0.5, 0.6) is 0 Å². The summed E-state index contributed by atoms with van der Waals surface area (Å²) in [6.45, 7) is 7.83. The van der Waals surface area contributed by atoms with E-state index in [0.29, 0.717) is 6.42 Å². The maximum atomic E-state index is 10.8. The Bertz CT molecular complexity index is 248. The van der Waals surface area contributed by atoms with Gasteiger partial charge < -0.3 is 5.11 Å². The Morgan fingerprint density at radius 2 is 1.86 bits per heavy atom. The number of aliphatic hydroxyl groups excluding tert-OH is 1. The summed E-state index contributed by atoms with van der Waals surface area (Å²) in [4.78, 5) is 10.5. The molecule has 0 aliphatic heterocycles. The molecule has 1 aliphatic rings. The molecule has 1 aliphatic carbocycles. The molecule has 4 heteroatoms. The molecule has 82 valence electrons. The third kappa shape index (κ3) is 2.05. The van der Waals surface area contributed by atoms with E-state index >= 15 is 0 Å². The van der Waals surface area contributed by atoms with Crippen molar-refractivity contribution in [2.24, 2.45) is 10.8 Å². The van der Waals surface area contributed by atoms with Gasteiger partial charge in [0.05, 0.1) is 0 Å². The Labute approximate surface area is 84.5 Å². The fraction of sp³-hybridized carbons (Fsp3) is 1.00. The van der Waals surface area contributed by atoms with E-state index in [1.165, 1.54) is 0 Å². The number of rotatable bonds is 1. The van der Waals surface area contributed by atoms with Gasteiger partial charge >= 0.3 is 0 Å². The lowest BCUT2D eigenvalue weighted by molar-refractivity contribution is -0.558. The van der Waals surface area contributed by atoms with Crippen LogP contribution in [0.25, 0.3) is 0 Å². The van der Waals surface area contributed by atoms with E-state index in [2.05, 4.69) is 0 Å². The number of aliphatic hydroxyl groups is 1. The Hall–Kier alpha value is -0.640. The van der Waals surface area contributed by atoms with Crippen LogP contribution in [0, 0.1) is 20.9 Å². The first-order valence-corrected chi connectivity index (χ1v) is 4.97. The van der Waals surface area contributed by atoms with E-state index in [0.717, 1.165) is 6.42 Å². The van der Waals surface area contributed by atoms with Crippen LogP contribution in [0.2, 0.25) is 0 Å². The van der Waals surface area contributed by atoms with E-state index in [1.54, 1.807) is 0 Å². The van der Waals surface area contributed by atoms with Crippen LogP contribution in [-0.4, -0.2) is 22.2 Å². The summed E-state index contributed by atoms with van der Waals surface area (Å²) in [6.07, 6.45) is 0.480. The van der Waals surface area contributed by atoms with Crippen LogP contribution in [-0.2, 0) is 0 Å². The lowest BCUT2D eigenvalue weighted by Gasteiger charge is -2.44. The van der Waals surface area contributed by atoms with E-state index < -0.39 is 17.6 Å². The van der Waals surface area contributed by atoms with Crippen molar-refractivity contribution >= 4 is 0 Å². The van der Waals surface area contributed by atoms with Crippen molar-refractivity contribution in [2.45, 2.75) is 52.7 Å². The largest absolute Gasteiger partial charge is 0.386 e. The molecule has 14 heavy (non-hydrogen) atoms. The molecule has 0 amide bonds. The molecule has 0 aromatic carbocycles. The van der Waals surface area contributed by atoms with Gasteiger partial charge in [-0.05, 0) is 18.3 Å². The van der Waals surface area contributed by atoms with E-state index in [1.807, 2.05) is 27.7 Å². The van der Waals surface area contributed by atoms with E-state index in [-0.39, 0.29) is 10.3 Å². The predicted octanol–water partition coefficient (Wildman–Crippen LogP) is 1.84. The SMILES string of the molecule is CC1(C)CC(O)C([N+](=O)[O-])C(C)(C)C1. The van der Waals surface area contributed by atoms with Crippen molar-refractivity contribution < 1.29 is 10.0 Å². The van der Waals surface area contributed by atoms with Gasteiger partial charge in [-0.25, -0.2) is 0 Å². The van der Waals surface area contributed by atoms with Gasteiger partial charge in [-0.3, -0.25) is 10.1 Å². The third-order valence-electron chi connectivity index (χ3n) is 3.09. The standard InChI is InChI=1S/C10H19NO3/c1-9(2)5-7(12)8(11(13)14)10(3,4)6-9/h7-8,12H,5-6H2,1-4H3. The minimum Gasteiger partial charge on any atom is -0.386 e. The molecule has 1 N–H and O–H groups in total. The smallest absolute Gasteiger partial charge is 0.243 e. The third-order valence-corrected chi connectivity index (χ3v) is 3.09. The molecular weight excluding hydrogens is 182 g/mol. The van der Waals surface area contributed by atoms with Crippen molar-refractivity contribution in [3.05, 3.63) is 10.1 Å². The molecule has 0 aromatic heterocycles. The normalized spacial score (nSPS) is 35.2. The molecule has 2 unspecified atom stereocenters. The van der Waals surface area contributed by atoms with Gasteiger partial charge in [-0.2, -0.15) is 0 Å². The van der Waals surface area contributed by atoms with Crippen molar-refractivity contribution in [1.29, 1.82) is 0 Å². The average Bonchev–Trinajstić information content (AvgIpc) is 1.75. The van der Waals surface area contributed by atoms with Gasteiger partial charge in [-0.15, -0.1) is 0 Å². The molecule has 2 atom stereocenters. The maximum Gasteiger partial charge on any atom is 0.243 e. The monoisotopic (exact) mass is 201 g/mol. The molecule has 0 heterocycles. The fourth-order valence-corrected chi connectivity index (χ4v) is 3.03. The topological polar surface area (TPSA) is 63.4 Å². The maximum absolute atomic E-state index is 10.8. The summed E-state index contributed by atoms with van der Waals surface area (Å²) in [5, 5.41) is 20.6. The molecular formula is C10H19NO3. The van der Waals surface area contributed by atoms with Gasteiger partial charge in [0.1, 0.15) is 6.10 Å². The molecule has 0 spiro atoms. The summed E-state index contributed by atoms with van der Waals surface area (Å²) >= 11 is 0. The highest BCUT2D eigenvalue weighted by Gasteiger charge is 2.52. The highest BCUT2D eigenvalue weighted by atomic mass is 16.6. The van der Waals surface area contributed by atoms with Crippen LogP contribution >= 0.6 is 0 Å². The quantitative estimate of drug-likeness (QED) is 0.520. The highest BCUT2D eigenvalue weighted by Crippen LogP contribution is 2.46. The number of hydrogen-bond donors (Lipinski definition) is 1. The van der Waals surface area contributed by atoms with Crippen molar-refractivity contribution in [3.63, 3.8) is 0 Å². The van der Waals surface area contributed by atoms with E-state index in [4.69, 9.17) is 0 Å². The first kappa shape index (κ1) is 11.4. The van der Waals surface area contributed by atoms with Gasteiger partial charge in [-0.1, -0.05) is 27.7 Å². The first-order valence-electron chi connectivity index (χ1n) is 4.97. The van der Waals surface area contributed by atoms with Crippen molar-refractivity contribution in [3.8, 4) is 0 Å². The highest BCUT2D eigenvalue weighted by molar-refractivity contribution is 4.95. The molecule has 1 fully saturated rings. The zero-order valence-electron chi connectivity index (χ0n) is 9.28. The van der Waals surface area contributed by atoms with Crippen LogP contribution < -0.4 is 0 Å². The number of nitrogens with zero attached hydrogens (tertiary/aromatic N) is 1. The summed E-state index contributed by atoms with van der Waals surface area (Å²) in [5.41, 5.74) is -0.430. The Kier molecular flexibility index (Phi) is 2.61. The Balaban J connectivity index is 2.95. The van der Waals surface area contributed by atoms with Gasteiger partial charge in [0.15, 0.2) is 0 Å². The summed E-state index contributed by atoms with van der Waals surface area (Å²) in [6, 6.07) is -0.824. The van der Waals surface area contributed by atoms with Gasteiger partial charge in [0.25, 0.3) is 0 Å². The molecule has 4 nitrogen and oxygen atoms in total. The lowest BCUT2D eigenvalue weighted by atomic mass is 9.62. The van der Waals surface area contributed by atoms with Gasteiger partial charge in [0, 0.05) is 10.3 Å². The fourth-order valence-electron chi connectivity index (χ4n) is 3.03. The Morgan fingerprint density at radius 3 is 2.21 bits per heavy atom. The van der Waals surface area contributed by atoms with Crippen LogP contribution in [0.1, 0.15) is 40.5 Å². The van der Waals surface area contributed by atoms with Crippen LogP contribution in [0.4, 0.5) is 0 Å². The minimum atomic E-state index is -0.824. The second kappa shape index (κ2) is 3.19. The molecule has 1 rings (SSSR count). The number of nitro groups is 1. The molecule has 1 saturated carbocycles. The second-order valence-corrected chi connectivity index (χ2v) is 5.83. The summed E-state index contributed by atoms with van der Waals surface area (Å²) < 4.78 is 0. The molecule has 0 bridgehead atoms. The summed E-state index contributed by atoms with van der Waals surface area (Å²) in [5.74, 6) is 0. The predicted molar refractivity (Wildman–Crippen MR) is 53.6 cm³/mol. The van der Waals surface area contributed by atoms with Crippen LogP contribution in [0.3, 0.4) is 0 Å². The minimum absolute atomic E-state index is 0.00454. The van der Waals surface area contributed by atoms with Crippen LogP contribution in [0.15, 0.2) is 0 Å². The van der Waals surface area contributed by atoms with E-state index in [9.17, 15) is 15.2 Å².